The van der Waals surface area contributed by atoms with E-state index in [1.165, 1.54) is 0 Å². The molecule has 1 aromatic rings. The first-order valence-electron chi connectivity index (χ1n) is 4.90. The lowest BCUT2D eigenvalue weighted by Gasteiger charge is -2.12. The van der Waals surface area contributed by atoms with Gasteiger partial charge in [0.25, 0.3) is 0 Å². The molecule has 0 aromatic heterocycles. The fourth-order valence-electron chi connectivity index (χ4n) is 1.16. The van der Waals surface area contributed by atoms with Gasteiger partial charge in [-0.15, -0.1) is 0 Å². The summed E-state index contributed by atoms with van der Waals surface area (Å²) in [7, 11) is 3.46. The van der Waals surface area contributed by atoms with Gasteiger partial charge >= 0.3 is 0 Å². The molecule has 0 atom stereocenters. The van der Waals surface area contributed by atoms with Gasteiger partial charge in [-0.2, -0.15) is 0 Å². The fourth-order valence-corrected chi connectivity index (χ4v) is 1.52. The number of hydrogen-bond donors (Lipinski definition) is 1. The summed E-state index contributed by atoms with van der Waals surface area (Å²) >= 11 is 11.8. The Morgan fingerprint density at radius 2 is 2.06 bits per heavy atom. The number of carbonyl (C=O) groups excluding carboxylic acids is 1. The van der Waals surface area contributed by atoms with Crippen molar-refractivity contribution in [1.82, 2.24) is 4.90 Å². The second kappa shape index (κ2) is 5.97. The molecule has 88 valence electrons. The maximum Gasteiger partial charge on any atom is 0.223 e. The third-order valence-electron chi connectivity index (χ3n) is 2.08. The zero-order chi connectivity index (χ0) is 12.1. The lowest BCUT2D eigenvalue weighted by molar-refractivity contribution is -0.128. The second-order valence-corrected chi connectivity index (χ2v) is 4.43. The minimum atomic E-state index is 0.0747. The van der Waals surface area contributed by atoms with Crippen molar-refractivity contribution >= 4 is 34.8 Å². The molecule has 0 aliphatic carbocycles. The number of nitrogens with one attached hydrogen (secondary N) is 1. The molecule has 3 nitrogen and oxygen atoms in total. The first-order chi connectivity index (χ1) is 7.50. The van der Waals surface area contributed by atoms with E-state index in [-0.39, 0.29) is 5.91 Å². The van der Waals surface area contributed by atoms with Crippen LogP contribution < -0.4 is 5.32 Å². The highest BCUT2D eigenvalue weighted by molar-refractivity contribution is 6.35. The molecule has 0 saturated carbocycles. The van der Waals surface area contributed by atoms with Crippen molar-refractivity contribution in [3.8, 4) is 0 Å². The quantitative estimate of drug-likeness (QED) is 0.903. The van der Waals surface area contributed by atoms with Crippen molar-refractivity contribution in [3.05, 3.63) is 28.2 Å². The number of halogens is 2. The van der Waals surface area contributed by atoms with Crippen LogP contribution in [-0.2, 0) is 4.79 Å². The van der Waals surface area contributed by atoms with Crippen LogP contribution in [0.15, 0.2) is 18.2 Å². The summed E-state index contributed by atoms with van der Waals surface area (Å²) in [4.78, 5) is 12.9. The highest BCUT2D eigenvalue weighted by Gasteiger charge is 2.04. The Morgan fingerprint density at radius 3 is 2.69 bits per heavy atom. The Kier molecular flexibility index (Phi) is 4.90. The topological polar surface area (TPSA) is 32.3 Å². The van der Waals surface area contributed by atoms with Crippen LogP contribution in [0.5, 0.6) is 0 Å². The lowest BCUT2D eigenvalue weighted by Crippen LogP contribution is -2.23. The van der Waals surface area contributed by atoms with Gasteiger partial charge in [-0.1, -0.05) is 23.2 Å². The molecule has 0 fully saturated rings. The van der Waals surface area contributed by atoms with E-state index in [2.05, 4.69) is 5.32 Å². The van der Waals surface area contributed by atoms with E-state index < -0.39 is 0 Å². The molecule has 0 bridgehead atoms. The number of anilines is 1. The van der Waals surface area contributed by atoms with Crippen LogP contribution >= 0.6 is 23.2 Å². The summed E-state index contributed by atoms with van der Waals surface area (Å²) in [5.74, 6) is 0.0747. The van der Waals surface area contributed by atoms with Gasteiger partial charge in [0.05, 0.1) is 10.7 Å². The van der Waals surface area contributed by atoms with Crippen LogP contribution in [0.1, 0.15) is 6.42 Å². The Bertz CT molecular complexity index is 380. The molecule has 0 aliphatic heterocycles. The highest BCUT2D eigenvalue weighted by Crippen LogP contribution is 2.25. The van der Waals surface area contributed by atoms with E-state index in [1.54, 1.807) is 37.2 Å². The molecule has 1 amide bonds. The Hall–Kier alpha value is -0.930. The van der Waals surface area contributed by atoms with Gasteiger partial charge in [0.2, 0.25) is 5.91 Å². The SMILES string of the molecule is CN(C)C(=O)CCNc1cc(Cl)ccc1Cl. The number of benzene rings is 1. The number of nitrogens with zero attached hydrogens (tertiary/aromatic N) is 1. The Labute approximate surface area is 105 Å². The van der Waals surface area contributed by atoms with Gasteiger partial charge in [0.1, 0.15) is 0 Å². The average molecular weight is 261 g/mol. The van der Waals surface area contributed by atoms with Crippen LogP contribution in [0, 0.1) is 0 Å². The summed E-state index contributed by atoms with van der Waals surface area (Å²) in [5.41, 5.74) is 0.751. The monoisotopic (exact) mass is 260 g/mol. The van der Waals surface area contributed by atoms with Crippen LogP contribution in [-0.4, -0.2) is 31.4 Å². The largest absolute Gasteiger partial charge is 0.383 e. The molecule has 0 spiro atoms. The van der Waals surface area contributed by atoms with Gasteiger partial charge in [0, 0.05) is 32.1 Å². The van der Waals surface area contributed by atoms with E-state index in [9.17, 15) is 4.79 Å². The first kappa shape index (κ1) is 13.1. The number of carbonyl (C=O) groups is 1. The van der Waals surface area contributed by atoms with Crippen molar-refractivity contribution < 1.29 is 4.79 Å². The van der Waals surface area contributed by atoms with Gasteiger partial charge in [-0.05, 0) is 18.2 Å². The summed E-state index contributed by atoms with van der Waals surface area (Å²) < 4.78 is 0. The summed E-state index contributed by atoms with van der Waals surface area (Å²) in [6, 6.07) is 5.18. The van der Waals surface area contributed by atoms with Crippen LogP contribution in [0.2, 0.25) is 10.0 Å². The molecule has 5 heteroatoms. The minimum absolute atomic E-state index is 0.0747. The Morgan fingerprint density at radius 1 is 1.38 bits per heavy atom. The minimum Gasteiger partial charge on any atom is -0.383 e. The smallest absolute Gasteiger partial charge is 0.223 e. The van der Waals surface area contributed by atoms with E-state index in [4.69, 9.17) is 23.2 Å². The summed E-state index contributed by atoms with van der Waals surface area (Å²) in [5, 5.41) is 4.29. The number of hydrogen-bond acceptors (Lipinski definition) is 2. The third kappa shape index (κ3) is 3.91. The fraction of sp³-hybridized carbons (Fsp3) is 0.364. The second-order valence-electron chi connectivity index (χ2n) is 3.59. The molecule has 0 aliphatic rings. The molecule has 1 rings (SSSR count). The molecule has 1 aromatic carbocycles. The number of rotatable bonds is 4. The standard InChI is InChI=1S/C11H14Cl2N2O/c1-15(2)11(16)5-6-14-10-7-8(12)3-4-9(10)13/h3-4,7,14H,5-6H2,1-2H3. The lowest BCUT2D eigenvalue weighted by atomic mass is 10.3. The number of amides is 1. The normalized spacial score (nSPS) is 10.0. The molecule has 0 unspecified atom stereocenters. The van der Waals surface area contributed by atoms with Crippen molar-refractivity contribution in [2.75, 3.05) is 26.0 Å². The van der Waals surface area contributed by atoms with E-state index >= 15 is 0 Å². The van der Waals surface area contributed by atoms with E-state index in [1.807, 2.05) is 0 Å². The van der Waals surface area contributed by atoms with Crippen LogP contribution in [0.4, 0.5) is 5.69 Å². The molecular formula is C11H14Cl2N2O. The molecule has 0 heterocycles. The van der Waals surface area contributed by atoms with Crippen molar-refractivity contribution in [3.63, 3.8) is 0 Å². The third-order valence-corrected chi connectivity index (χ3v) is 2.65. The molecule has 1 N–H and O–H groups in total. The zero-order valence-electron chi connectivity index (χ0n) is 9.26. The van der Waals surface area contributed by atoms with Crippen molar-refractivity contribution in [2.45, 2.75) is 6.42 Å². The maximum absolute atomic E-state index is 11.3. The van der Waals surface area contributed by atoms with Crippen molar-refractivity contribution in [1.29, 1.82) is 0 Å². The maximum atomic E-state index is 11.3. The molecule has 0 saturated heterocycles. The van der Waals surface area contributed by atoms with Gasteiger partial charge < -0.3 is 10.2 Å². The van der Waals surface area contributed by atoms with Crippen LogP contribution in [0.3, 0.4) is 0 Å². The van der Waals surface area contributed by atoms with E-state index in [0.29, 0.717) is 23.0 Å². The van der Waals surface area contributed by atoms with Crippen LogP contribution in [0.25, 0.3) is 0 Å². The molecule has 0 radical (unpaired) electrons. The summed E-state index contributed by atoms with van der Waals surface area (Å²) in [6.07, 6.45) is 0.426. The van der Waals surface area contributed by atoms with Crippen molar-refractivity contribution in [2.24, 2.45) is 0 Å². The van der Waals surface area contributed by atoms with Gasteiger partial charge in [-0.25, -0.2) is 0 Å². The predicted molar refractivity (Wildman–Crippen MR) is 68.3 cm³/mol. The zero-order valence-corrected chi connectivity index (χ0v) is 10.8. The summed E-state index contributed by atoms with van der Waals surface area (Å²) in [6.45, 7) is 0.539. The Balaban J connectivity index is 2.49. The van der Waals surface area contributed by atoms with Gasteiger partial charge in [-0.3, -0.25) is 4.79 Å². The molecular weight excluding hydrogens is 247 g/mol. The van der Waals surface area contributed by atoms with Gasteiger partial charge in [0.15, 0.2) is 0 Å². The highest BCUT2D eigenvalue weighted by atomic mass is 35.5. The van der Waals surface area contributed by atoms with E-state index in [0.717, 1.165) is 5.69 Å². The average Bonchev–Trinajstić information content (AvgIpc) is 2.22. The first-order valence-corrected chi connectivity index (χ1v) is 5.65. The predicted octanol–water partition coefficient (Wildman–Crippen LogP) is 2.88. The molecule has 16 heavy (non-hydrogen) atoms.